The van der Waals surface area contributed by atoms with Gasteiger partial charge in [0.1, 0.15) is 11.6 Å². The number of nitrogens with one attached hydrogen (secondary N) is 1. The lowest BCUT2D eigenvalue weighted by Gasteiger charge is -2.35. The van der Waals surface area contributed by atoms with Gasteiger partial charge in [-0.3, -0.25) is 14.5 Å². The number of hydrogen-bond donors (Lipinski definition) is 1. The number of anilines is 1. The van der Waals surface area contributed by atoms with E-state index in [-0.39, 0.29) is 24.1 Å². The van der Waals surface area contributed by atoms with Crippen molar-refractivity contribution >= 4 is 17.5 Å². The van der Waals surface area contributed by atoms with Gasteiger partial charge in [-0.15, -0.1) is 0 Å². The summed E-state index contributed by atoms with van der Waals surface area (Å²) in [6.07, 6.45) is -0.800. The molecule has 2 amide bonds. The average Bonchev–Trinajstić information content (AvgIpc) is 2.69. The van der Waals surface area contributed by atoms with E-state index in [4.69, 9.17) is 4.74 Å². The Balaban J connectivity index is 1.30. The van der Waals surface area contributed by atoms with Crippen LogP contribution in [0.25, 0.3) is 0 Å². The Labute approximate surface area is 169 Å². The van der Waals surface area contributed by atoms with E-state index in [9.17, 15) is 14.0 Å². The maximum absolute atomic E-state index is 13.3. The standard InChI is InChI=1S/C22H24FN3O3/c1-15-5-6-19-18(11-15)24-22(28)20(29-19)13-21(27)26-9-7-25(8-10-26)14-16-3-2-4-17(23)12-16/h2-6,11-12,20H,7-10,13-14H2,1H3,(H,24,28). The quantitative estimate of drug-likeness (QED) is 0.862. The number of piperazine rings is 1. The minimum atomic E-state index is -0.817. The molecule has 152 valence electrons. The molecule has 6 nitrogen and oxygen atoms in total. The van der Waals surface area contributed by atoms with E-state index in [0.29, 0.717) is 44.2 Å². The van der Waals surface area contributed by atoms with E-state index in [1.54, 1.807) is 11.0 Å². The molecule has 2 aliphatic rings. The number of ether oxygens (including phenoxy) is 1. The molecule has 2 heterocycles. The summed E-state index contributed by atoms with van der Waals surface area (Å²) in [5.74, 6) is -0.0287. The summed E-state index contributed by atoms with van der Waals surface area (Å²) in [7, 11) is 0. The predicted octanol–water partition coefficient (Wildman–Crippen LogP) is 2.57. The lowest BCUT2D eigenvalue weighted by Crippen LogP contribution is -2.50. The normalized spacial score (nSPS) is 19.3. The minimum absolute atomic E-state index is 0.0169. The van der Waals surface area contributed by atoms with Crippen molar-refractivity contribution < 1.29 is 18.7 Å². The van der Waals surface area contributed by atoms with Crippen LogP contribution in [0.1, 0.15) is 17.5 Å². The molecule has 1 saturated heterocycles. The van der Waals surface area contributed by atoms with Crippen molar-refractivity contribution in [1.29, 1.82) is 0 Å². The lowest BCUT2D eigenvalue weighted by atomic mass is 10.1. The number of carbonyl (C=O) groups excluding carboxylic acids is 2. The van der Waals surface area contributed by atoms with Crippen LogP contribution in [-0.4, -0.2) is 53.9 Å². The predicted molar refractivity (Wildman–Crippen MR) is 107 cm³/mol. The zero-order valence-electron chi connectivity index (χ0n) is 16.4. The number of hydrogen-bond acceptors (Lipinski definition) is 4. The number of benzene rings is 2. The third-order valence-corrected chi connectivity index (χ3v) is 5.33. The molecule has 2 aromatic rings. The first-order valence-electron chi connectivity index (χ1n) is 9.81. The zero-order chi connectivity index (χ0) is 20.4. The Morgan fingerprint density at radius 2 is 1.97 bits per heavy atom. The molecule has 29 heavy (non-hydrogen) atoms. The van der Waals surface area contributed by atoms with Crippen LogP contribution in [0.3, 0.4) is 0 Å². The van der Waals surface area contributed by atoms with Crippen LogP contribution in [0.15, 0.2) is 42.5 Å². The van der Waals surface area contributed by atoms with Gasteiger partial charge in [0.15, 0.2) is 6.10 Å². The SMILES string of the molecule is Cc1ccc2c(c1)NC(=O)C(CC(=O)N1CCN(Cc3cccc(F)c3)CC1)O2. The van der Waals surface area contributed by atoms with Crippen molar-refractivity contribution in [2.75, 3.05) is 31.5 Å². The van der Waals surface area contributed by atoms with Crippen LogP contribution < -0.4 is 10.1 Å². The Bertz CT molecular complexity index is 925. The molecule has 4 rings (SSSR count). The van der Waals surface area contributed by atoms with Crippen molar-refractivity contribution in [3.8, 4) is 5.75 Å². The molecule has 1 unspecified atom stereocenters. The Morgan fingerprint density at radius 1 is 1.17 bits per heavy atom. The summed E-state index contributed by atoms with van der Waals surface area (Å²) in [4.78, 5) is 29.0. The average molecular weight is 397 g/mol. The molecule has 1 atom stereocenters. The minimum Gasteiger partial charge on any atom is -0.478 e. The van der Waals surface area contributed by atoms with Crippen LogP contribution in [-0.2, 0) is 16.1 Å². The molecule has 0 bridgehead atoms. The highest BCUT2D eigenvalue weighted by Gasteiger charge is 2.32. The van der Waals surface area contributed by atoms with Crippen molar-refractivity contribution in [2.45, 2.75) is 26.0 Å². The molecular formula is C22H24FN3O3. The molecule has 0 aliphatic carbocycles. The Hall–Kier alpha value is -2.93. The van der Waals surface area contributed by atoms with E-state index in [2.05, 4.69) is 10.2 Å². The number of carbonyl (C=O) groups is 2. The van der Waals surface area contributed by atoms with Crippen LogP contribution >= 0.6 is 0 Å². The van der Waals surface area contributed by atoms with Gasteiger partial charge >= 0.3 is 0 Å². The first-order chi connectivity index (χ1) is 14.0. The molecular weight excluding hydrogens is 373 g/mol. The molecule has 2 aliphatic heterocycles. The zero-order valence-corrected chi connectivity index (χ0v) is 16.4. The first kappa shape index (κ1) is 19.4. The number of amides is 2. The van der Waals surface area contributed by atoms with Gasteiger partial charge in [-0.05, 0) is 42.3 Å². The fraction of sp³-hybridized carbons (Fsp3) is 0.364. The number of nitrogens with zero attached hydrogens (tertiary/aromatic N) is 2. The van der Waals surface area contributed by atoms with Gasteiger partial charge in [0, 0.05) is 32.7 Å². The summed E-state index contributed by atoms with van der Waals surface area (Å²) in [6, 6.07) is 12.2. The van der Waals surface area contributed by atoms with Crippen LogP contribution in [0, 0.1) is 12.7 Å². The summed E-state index contributed by atoms with van der Waals surface area (Å²) in [5.41, 5.74) is 2.59. The molecule has 7 heteroatoms. The largest absolute Gasteiger partial charge is 0.478 e. The first-order valence-corrected chi connectivity index (χ1v) is 9.81. The fourth-order valence-electron chi connectivity index (χ4n) is 3.74. The van der Waals surface area contributed by atoms with E-state index >= 15 is 0 Å². The Kier molecular flexibility index (Phi) is 5.49. The third-order valence-electron chi connectivity index (χ3n) is 5.33. The fourth-order valence-corrected chi connectivity index (χ4v) is 3.74. The van der Waals surface area contributed by atoms with Crippen LogP contribution in [0.5, 0.6) is 5.75 Å². The van der Waals surface area contributed by atoms with Gasteiger partial charge in [-0.1, -0.05) is 18.2 Å². The summed E-state index contributed by atoms with van der Waals surface area (Å²) >= 11 is 0. The number of rotatable bonds is 4. The maximum Gasteiger partial charge on any atom is 0.266 e. The van der Waals surface area contributed by atoms with Crippen molar-refractivity contribution in [3.05, 3.63) is 59.4 Å². The van der Waals surface area contributed by atoms with Gasteiger partial charge in [0.25, 0.3) is 5.91 Å². The summed E-state index contributed by atoms with van der Waals surface area (Å²) in [6.45, 7) is 5.18. The summed E-state index contributed by atoms with van der Waals surface area (Å²) in [5, 5.41) is 2.82. The topological polar surface area (TPSA) is 61.9 Å². The molecule has 1 N–H and O–H groups in total. The highest BCUT2D eigenvalue weighted by molar-refractivity contribution is 6.00. The molecule has 0 spiro atoms. The second kappa shape index (κ2) is 8.21. The van der Waals surface area contributed by atoms with E-state index in [1.165, 1.54) is 12.1 Å². The second-order valence-corrected chi connectivity index (χ2v) is 7.59. The number of aryl methyl sites for hydroxylation is 1. The van der Waals surface area contributed by atoms with E-state index in [0.717, 1.165) is 11.1 Å². The van der Waals surface area contributed by atoms with Gasteiger partial charge in [-0.2, -0.15) is 0 Å². The van der Waals surface area contributed by atoms with Crippen LogP contribution in [0.2, 0.25) is 0 Å². The van der Waals surface area contributed by atoms with Crippen molar-refractivity contribution in [2.24, 2.45) is 0 Å². The lowest BCUT2D eigenvalue weighted by molar-refractivity contribution is -0.138. The van der Waals surface area contributed by atoms with Crippen LogP contribution in [0.4, 0.5) is 10.1 Å². The maximum atomic E-state index is 13.3. The van der Waals surface area contributed by atoms with Gasteiger partial charge in [0.2, 0.25) is 5.91 Å². The molecule has 0 radical (unpaired) electrons. The highest BCUT2D eigenvalue weighted by Crippen LogP contribution is 2.31. The number of halogens is 1. The van der Waals surface area contributed by atoms with Gasteiger partial charge in [-0.25, -0.2) is 4.39 Å². The van der Waals surface area contributed by atoms with Crippen molar-refractivity contribution in [1.82, 2.24) is 9.80 Å². The smallest absolute Gasteiger partial charge is 0.266 e. The van der Waals surface area contributed by atoms with Gasteiger partial charge in [0.05, 0.1) is 12.1 Å². The van der Waals surface area contributed by atoms with E-state index in [1.807, 2.05) is 31.2 Å². The Morgan fingerprint density at radius 3 is 2.72 bits per heavy atom. The van der Waals surface area contributed by atoms with Crippen molar-refractivity contribution in [3.63, 3.8) is 0 Å². The third kappa shape index (κ3) is 4.56. The van der Waals surface area contributed by atoms with Gasteiger partial charge < -0.3 is 15.0 Å². The summed E-state index contributed by atoms with van der Waals surface area (Å²) < 4.78 is 19.1. The van der Waals surface area contributed by atoms with E-state index < -0.39 is 6.10 Å². The molecule has 1 fully saturated rings. The second-order valence-electron chi connectivity index (χ2n) is 7.59. The molecule has 0 saturated carbocycles. The monoisotopic (exact) mass is 397 g/mol. The highest BCUT2D eigenvalue weighted by atomic mass is 19.1. The molecule has 0 aromatic heterocycles. The number of fused-ring (bicyclic) bond motifs is 1. The molecule has 2 aromatic carbocycles.